The Labute approximate surface area is 75.1 Å². The first-order valence-corrected chi connectivity index (χ1v) is 4.86. The lowest BCUT2D eigenvalue weighted by Crippen LogP contribution is -2.49. The van der Waals surface area contributed by atoms with Crippen molar-refractivity contribution in [2.75, 3.05) is 33.3 Å². The molecule has 0 aromatic rings. The van der Waals surface area contributed by atoms with Gasteiger partial charge in [0.2, 0.25) is 0 Å². The summed E-state index contributed by atoms with van der Waals surface area (Å²) < 4.78 is 5.43. The van der Waals surface area contributed by atoms with E-state index in [0.717, 1.165) is 32.6 Å². The smallest absolute Gasteiger partial charge is 0.110 e. The second kappa shape index (κ2) is 5.51. The van der Waals surface area contributed by atoms with Crippen LogP contribution in [0.2, 0.25) is 0 Å². The number of hydrogen-bond acceptors (Lipinski definition) is 3. The van der Waals surface area contributed by atoms with Crippen LogP contribution in [0.3, 0.4) is 0 Å². The second-order valence-corrected chi connectivity index (χ2v) is 3.26. The molecule has 0 aromatic heterocycles. The van der Waals surface area contributed by atoms with E-state index in [2.05, 4.69) is 17.1 Å². The van der Waals surface area contributed by atoms with Gasteiger partial charge in [-0.15, -0.1) is 0 Å². The van der Waals surface area contributed by atoms with Crippen molar-refractivity contribution < 1.29 is 4.74 Å². The van der Waals surface area contributed by atoms with Crippen molar-refractivity contribution in [2.24, 2.45) is 0 Å². The van der Waals surface area contributed by atoms with E-state index in [-0.39, 0.29) is 0 Å². The number of nitrogens with zero attached hydrogens (tertiary/aromatic N) is 1. The molecule has 1 fully saturated rings. The molecule has 3 heteroatoms. The highest BCUT2D eigenvalue weighted by Gasteiger charge is 2.18. The molecule has 0 aromatic carbocycles. The number of rotatable bonds is 4. The highest BCUT2D eigenvalue weighted by Crippen LogP contribution is 2.08. The van der Waals surface area contributed by atoms with Gasteiger partial charge in [-0.05, 0) is 6.42 Å². The fourth-order valence-electron chi connectivity index (χ4n) is 1.67. The topological polar surface area (TPSA) is 24.5 Å². The maximum Gasteiger partial charge on any atom is 0.110 e. The normalized spacial score (nSPS) is 22.5. The highest BCUT2D eigenvalue weighted by molar-refractivity contribution is 4.70. The van der Waals surface area contributed by atoms with E-state index in [0.29, 0.717) is 6.23 Å². The summed E-state index contributed by atoms with van der Waals surface area (Å²) in [5, 5.41) is 3.34. The van der Waals surface area contributed by atoms with Gasteiger partial charge < -0.3 is 10.1 Å². The Kier molecular flexibility index (Phi) is 4.58. The van der Waals surface area contributed by atoms with Crippen LogP contribution in [0.1, 0.15) is 19.8 Å². The zero-order valence-corrected chi connectivity index (χ0v) is 8.18. The molecule has 1 N–H and O–H groups in total. The molecule has 1 rings (SSSR count). The highest BCUT2D eigenvalue weighted by atomic mass is 16.5. The first-order chi connectivity index (χ1) is 5.88. The lowest BCUT2D eigenvalue weighted by atomic mass is 10.2. The van der Waals surface area contributed by atoms with Crippen LogP contribution in [0.25, 0.3) is 0 Å². The van der Waals surface area contributed by atoms with Crippen molar-refractivity contribution in [3.8, 4) is 0 Å². The monoisotopic (exact) mass is 172 g/mol. The van der Waals surface area contributed by atoms with Gasteiger partial charge in [0.15, 0.2) is 0 Å². The number of piperazine rings is 1. The SMILES string of the molecule is CCCC(OC)N1CCNCC1. The summed E-state index contributed by atoms with van der Waals surface area (Å²) in [7, 11) is 1.81. The van der Waals surface area contributed by atoms with E-state index < -0.39 is 0 Å². The summed E-state index contributed by atoms with van der Waals surface area (Å²) in [5.41, 5.74) is 0. The molecule has 0 amide bonds. The maximum absolute atomic E-state index is 5.43. The van der Waals surface area contributed by atoms with Gasteiger partial charge in [-0.2, -0.15) is 0 Å². The van der Waals surface area contributed by atoms with E-state index in [1.807, 2.05) is 7.11 Å². The third-order valence-corrected chi connectivity index (χ3v) is 2.37. The maximum atomic E-state index is 5.43. The minimum absolute atomic E-state index is 0.345. The minimum atomic E-state index is 0.345. The van der Waals surface area contributed by atoms with Gasteiger partial charge in [0.05, 0.1) is 0 Å². The number of nitrogens with one attached hydrogen (secondary N) is 1. The van der Waals surface area contributed by atoms with Gasteiger partial charge in [0, 0.05) is 33.3 Å². The van der Waals surface area contributed by atoms with E-state index >= 15 is 0 Å². The summed E-state index contributed by atoms with van der Waals surface area (Å²) in [6, 6.07) is 0. The number of hydrogen-bond donors (Lipinski definition) is 1. The van der Waals surface area contributed by atoms with Crippen molar-refractivity contribution in [1.82, 2.24) is 10.2 Å². The predicted octanol–water partition coefficient (Wildman–Crippen LogP) is 0.664. The molecule has 0 spiro atoms. The van der Waals surface area contributed by atoms with Crippen LogP contribution >= 0.6 is 0 Å². The van der Waals surface area contributed by atoms with Crippen molar-refractivity contribution >= 4 is 0 Å². The fraction of sp³-hybridized carbons (Fsp3) is 1.00. The van der Waals surface area contributed by atoms with Crippen molar-refractivity contribution in [1.29, 1.82) is 0 Å². The van der Waals surface area contributed by atoms with E-state index in [1.165, 1.54) is 6.42 Å². The Balaban J connectivity index is 2.29. The lowest BCUT2D eigenvalue weighted by molar-refractivity contribution is -0.0429. The van der Waals surface area contributed by atoms with Crippen LogP contribution < -0.4 is 5.32 Å². The summed E-state index contributed by atoms with van der Waals surface area (Å²) in [4.78, 5) is 2.42. The van der Waals surface area contributed by atoms with Crippen LogP contribution in [0.5, 0.6) is 0 Å². The van der Waals surface area contributed by atoms with Crippen molar-refractivity contribution in [2.45, 2.75) is 26.0 Å². The summed E-state index contributed by atoms with van der Waals surface area (Å²) in [5.74, 6) is 0. The zero-order valence-electron chi connectivity index (χ0n) is 8.18. The van der Waals surface area contributed by atoms with E-state index in [9.17, 15) is 0 Å². The van der Waals surface area contributed by atoms with Gasteiger partial charge in [-0.1, -0.05) is 13.3 Å². The van der Waals surface area contributed by atoms with E-state index in [1.54, 1.807) is 0 Å². The standard InChI is InChI=1S/C9H20N2O/c1-3-4-9(12-2)11-7-5-10-6-8-11/h9-10H,3-8H2,1-2H3. The molecule has 0 bridgehead atoms. The van der Waals surface area contributed by atoms with Crippen LogP contribution in [0.15, 0.2) is 0 Å². The zero-order chi connectivity index (χ0) is 8.81. The van der Waals surface area contributed by atoms with Crippen LogP contribution in [0, 0.1) is 0 Å². The van der Waals surface area contributed by atoms with Gasteiger partial charge in [-0.3, -0.25) is 4.90 Å². The van der Waals surface area contributed by atoms with Gasteiger partial charge >= 0.3 is 0 Å². The van der Waals surface area contributed by atoms with E-state index in [4.69, 9.17) is 4.74 Å². The summed E-state index contributed by atoms with van der Waals surface area (Å²) >= 11 is 0. The molecule has 3 nitrogen and oxygen atoms in total. The predicted molar refractivity (Wildman–Crippen MR) is 50.1 cm³/mol. The second-order valence-electron chi connectivity index (χ2n) is 3.26. The molecule has 0 radical (unpaired) electrons. The molecule has 0 saturated carbocycles. The average Bonchev–Trinajstić information content (AvgIpc) is 2.15. The largest absolute Gasteiger partial charge is 0.366 e. The molecule has 12 heavy (non-hydrogen) atoms. The Morgan fingerprint density at radius 1 is 1.42 bits per heavy atom. The molecule has 1 atom stereocenters. The van der Waals surface area contributed by atoms with Gasteiger partial charge in [0.1, 0.15) is 6.23 Å². The Hall–Kier alpha value is -0.120. The average molecular weight is 172 g/mol. The summed E-state index contributed by atoms with van der Waals surface area (Å²) in [6.45, 7) is 6.65. The Morgan fingerprint density at radius 2 is 2.08 bits per heavy atom. The molecular formula is C9H20N2O. The van der Waals surface area contributed by atoms with Crippen molar-refractivity contribution in [3.05, 3.63) is 0 Å². The molecule has 0 aliphatic carbocycles. The van der Waals surface area contributed by atoms with Crippen LogP contribution in [0.4, 0.5) is 0 Å². The molecule has 1 unspecified atom stereocenters. The fourth-order valence-corrected chi connectivity index (χ4v) is 1.67. The third-order valence-electron chi connectivity index (χ3n) is 2.37. The molecule has 1 saturated heterocycles. The Bertz CT molecular complexity index is 110. The molecule has 1 aliphatic rings. The quantitative estimate of drug-likeness (QED) is 0.674. The van der Waals surface area contributed by atoms with Crippen LogP contribution in [-0.4, -0.2) is 44.4 Å². The van der Waals surface area contributed by atoms with Gasteiger partial charge in [-0.25, -0.2) is 0 Å². The molecule has 72 valence electrons. The lowest BCUT2D eigenvalue weighted by Gasteiger charge is -2.33. The number of ether oxygens (including phenoxy) is 1. The molecule has 1 heterocycles. The first kappa shape index (κ1) is 9.96. The van der Waals surface area contributed by atoms with Crippen LogP contribution in [-0.2, 0) is 4.74 Å². The third kappa shape index (κ3) is 2.73. The number of methoxy groups -OCH3 is 1. The molecule has 1 aliphatic heterocycles. The Morgan fingerprint density at radius 3 is 2.58 bits per heavy atom. The summed E-state index contributed by atoms with van der Waals surface area (Å²) in [6.07, 6.45) is 2.69. The van der Waals surface area contributed by atoms with Gasteiger partial charge in [0.25, 0.3) is 0 Å². The minimum Gasteiger partial charge on any atom is -0.366 e. The molecular weight excluding hydrogens is 152 g/mol. The first-order valence-electron chi connectivity index (χ1n) is 4.86. The van der Waals surface area contributed by atoms with Crippen molar-refractivity contribution in [3.63, 3.8) is 0 Å².